The van der Waals surface area contributed by atoms with Crippen molar-refractivity contribution in [2.45, 2.75) is 102 Å². The molecular formula is C46H58N12O7S2. The zero-order valence-electron chi connectivity index (χ0n) is 38.1. The number of benzene rings is 2. The zero-order valence-corrected chi connectivity index (χ0v) is 39.7. The second-order valence-corrected chi connectivity index (χ2v) is 21.5. The van der Waals surface area contributed by atoms with Crippen LogP contribution in [0.5, 0.6) is 0 Å². The largest absolute Gasteiger partial charge is 0.478 e. The summed E-state index contributed by atoms with van der Waals surface area (Å²) in [6.07, 6.45) is 13.4. The van der Waals surface area contributed by atoms with Crippen LogP contribution in [0.2, 0.25) is 0 Å². The highest BCUT2D eigenvalue weighted by molar-refractivity contribution is 7.92. The minimum atomic E-state index is -3.56. The summed E-state index contributed by atoms with van der Waals surface area (Å²) in [4.78, 5) is 35.8. The van der Waals surface area contributed by atoms with Gasteiger partial charge in [-0.2, -0.15) is 10.2 Å². The summed E-state index contributed by atoms with van der Waals surface area (Å²) < 4.78 is 53.9. The number of amides is 1. The number of aromatic carboxylic acids is 1. The maximum absolute atomic E-state index is 13.7. The summed E-state index contributed by atoms with van der Waals surface area (Å²) in [5, 5.41) is 21.9. The predicted octanol–water partition coefficient (Wildman–Crippen LogP) is 6.30. The molecule has 0 unspecified atom stereocenters. The van der Waals surface area contributed by atoms with Gasteiger partial charge in [0.1, 0.15) is 0 Å². The number of likely N-dealkylation sites (tertiary alicyclic amines) is 1. The number of nitrogen functional groups attached to an aromatic ring is 2. The Labute approximate surface area is 389 Å². The molecular weight excluding hydrogens is 897 g/mol. The van der Waals surface area contributed by atoms with Crippen LogP contribution in [0.4, 0.5) is 22.7 Å². The maximum atomic E-state index is 13.7. The summed E-state index contributed by atoms with van der Waals surface area (Å²) >= 11 is 0. The second-order valence-electron chi connectivity index (χ2n) is 18.0. The third-order valence-electron chi connectivity index (χ3n) is 12.2. The number of rotatable bonds is 10. The molecule has 0 bridgehead atoms. The molecule has 2 aliphatic carbocycles. The molecule has 8 N–H and O–H groups in total. The van der Waals surface area contributed by atoms with Gasteiger partial charge in [0, 0.05) is 64.7 Å². The Kier molecular flexibility index (Phi) is 13.5. The number of nitrogens with two attached hydrogens (primary N) is 2. The van der Waals surface area contributed by atoms with Crippen molar-refractivity contribution < 1.29 is 31.5 Å². The third-order valence-corrected chi connectivity index (χ3v) is 13.4. The molecule has 2 aliphatic heterocycles. The van der Waals surface area contributed by atoms with Crippen LogP contribution in [0.15, 0.2) is 60.7 Å². The van der Waals surface area contributed by atoms with E-state index < -0.39 is 26.0 Å². The summed E-state index contributed by atoms with van der Waals surface area (Å²) in [5.74, 6) is -0.258. The van der Waals surface area contributed by atoms with E-state index in [1.807, 2.05) is 22.0 Å². The Morgan fingerprint density at radius 3 is 1.67 bits per heavy atom. The molecule has 2 saturated heterocycles. The highest BCUT2D eigenvalue weighted by Gasteiger charge is 2.33. The number of carbonyl (C=O) groups is 2. The molecule has 1 amide bonds. The van der Waals surface area contributed by atoms with Crippen LogP contribution < -0.4 is 26.2 Å². The molecule has 10 rings (SSSR count). The summed E-state index contributed by atoms with van der Waals surface area (Å²) in [7, 11) is -7.06. The van der Waals surface area contributed by atoms with Gasteiger partial charge in [0.15, 0.2) is 11.3 Å². The van der Waals surface area contributed by atoms with Crippen molar-refractivity contribution in [1.29, 1.82) is 0 Å². The molecule has 356 valence electrons. The zero-order chi connectivity index (χ0) is 47.8. The first-order valence-electron chi connectivity index (χ1n) is 22.6. The van der Waals surface area contributed by atoms with Crippen molar-refractivity contribution in [2.24, 2.45) is 0 Å². The second kappa shape index (κ2) is 19.1. The van der Waals surface area contributed by atoms with E-state index in [1.165, 1.54) is 86.7 Å². The van der Waals surface area contributed by atoms with Crippen LogP contribution >= 0.6 is 0 Å². The van der Waals surface area contributed by atoms with Crippen LogP contribution in [0.25, 0.3) is 11.3 Å². The number of nitrogens with one attached hydrogen (secondary N) is 3. The van der Waals surface area contributed by atoms with Gasteiger partial charge in [0.05, 0.1) is 58.5 Å². The number of nitrogens with zero attached hydrogens (tertiary/aromatic N) is 7. The van der Waals surface area contributed by atoms with E-state index in [4.69, 9.17) is 36.7 Å². The number of aromatic nitrogens is 6. The predicted molar refractivity (Wildman–Crippen MR) is 257 cm³/mol. The van der Waals surface area contributed by atoms with E-state index in [2.05, 4.69) is 39.9 Å². The molecule has 4 fully saturated rings. The van der Waals surface area contributed by atoms with Crippen LogP contribution in [0, 0.1) is 13.8 Å². The van der Waals surface area contributed by atoms with Crippen molar-refractivity contribution >= 4 is 66.0 Å². The Balaban J connectivity index is 0.000000151. The Morgan fingerprint density at radius 2 is 1.16 bits per heavy atom. The van der Waals surface area contributed by atoms with Crippen molar-refractivity contribution in [1.82, 2.24) is 39.4 Å². The summed E-state index contributed by atoms with van der Waals surface area (Å²) in [6, 6.07) is 17.2. The molecule has 67 heavy (non-hydrogen) atoms. The van der Waals surface area contributed by atoms with Gasteiger partial charge in [-0.05, 0) is 127 Å². The number of hydrogen-bond acceptors (Lipinski definition) is 13. The fraction of sp³-hybridized carbons (Fsp3) is 0.435. The summed E-state index contributed by atoms with van der Waals surface area (Å²) in [6.45, 7) is 5.82. The molecule has 4 aromatic heterocycles. The lowest BCUT2D eigenvalue weighted by Gasteiger charge is -2.35. The summed E-state index contributed by atoms with van der Waals surface area (Å²) in [5.41, 5.74) is 20.6. The number of hydrogen-bond donors (Lipinski definition) is 6. The minimum Gasteiger partial charge on any atom is -0.478 e. The first-order valence-corrected chi connectivity index (χ1v) is 26.3. The number of sulfonamides is 2. The molecule has 2 saturated carbocycles. The topological polar surface area (TPSA) is 274 Å². The molecule has 2 aromatic carbocycles. The van der Waals surface area contributed by atoms with Gasteiger partial charge < -0.3 is 26.8 Å². The smallest absolute Gasteiger partial charge is 0.337 e. The quantitative estimate of drug-likeness (QED) is 0.0822. The number of fused-ring (bicyclic) bond motifs is 2. The Hall–Kier alpha value is -6.32. The van der Waals surface area contributed by atoms with Crippen molar-refractivity contribution in [3.05, 3.63) is 106 Å². The van der Waals surface area contributed by atoms with Crippen LogP contribution in [0.1, 0.15) is 143 Å². The fourth-order valence-corrected chi connectivity index (χ4v) is 9.80. The van der Waals surface area contributed by atoms with Gasteiger partial charge in [0.2, 0.25) is 20.0 Å². The number of anilines is 4. The highest BCUT2D eigenvalue weighted by Crippen LogP contribution is 2.41. The van der Waals surface area contributed by atoms with Crippen LogP contribution in [0.3, 0.4) is 0 Å². The molecule has 0 spiro atoms. The molecule has 19 nitrogen and oxygen atoms in total. The van der Waals surface area contributed by atoms with Crippen molar-refractivity contribution in [3.63, 3.8) is 0 Å². The van der Waals surface area contributed by atoms with E-state index in [1.54, 1.807) is 11.0 Å². The number of carboxylic acid groups (broad SMARTS) is 1. The third kappa shape index (κ3) is 11.6. The lowest BCUT2D eigenvalue weighted by Crippen LogP contribution is -2.39. The van der Waals surface area contributed by atoms with Gasteiger partial charge in [-0.15, -0.1) is 0 Å². The SMILES string of the molecule is CS(=O)(=O)Nc1ccc(N)cc1C(=O)O.Cc1cc(C2CC2)nc2cc([C@@H]3CCCCN3)nn12.Cc1cc(C2CC2)nc2cc([C@@H]3CCCCN3C(=O)c3cc(N)ccc3NS(C)(=O)=O)nn12. The normalized spacial score (nSPS) is 18.7. The molecule has 21 heteroatoms. The first-order chi connectivity index (χ1) is 31.8. The van der Waals surface area contributed by atoms with Gasteiger partial charge >= 0.3 is 5.97 Å². The van der Waals surface area contributed by atoms with Crippen LogP contribution in [-0.4, -0.2) is 93.5 Å². The Bertz CT molecular complexity index is 3070. The number of carboxylic acids is 1. The van der Waals surface area contributed by atoms with E-state index >= 15 is 0 Å². The Morgan fingerprint density at radius 1 is 0.657 bits per heavy atom. The minimum absolute atomic E-state index is 0.000741. The van der Waals surface area contributed by atoms with Crippen molar-refractivity contribution in [2.75, 3.05) is 46.5 Å². The standard InChI is InChI=1S/C23H28N6O3S.C15H20N4.C8H10N2O4S/c1-14-11-19(15-6-7-15)25-22-13-20(26-29(14)22)21-5-3-4-10-28(21)23(30)17-12-16(24)8-9-18(17)27-33(2,31)32;1-10-8-13(11-5-6-11)17-15-9-14(18-19(10)15)12-4-2-3-7-16-12;1-15(13,14)10-7-3-2-5(9)4-6(7)8(11)12/h8-9,11-13,15,21,27H,3-7,10,24H2,1-2H3;8-9,11-12,16H,2-7H2,1H3;2-4,10H,9H2,1H3,(H,11,12)/t21-;12-;/m00./s1. The van der Waals surface area contributed by atoms with E-state index in [0.717, 1.165) is 72.4 Å². The highest BCUT2D eigenvalue weighted by atomic mass is 32.2. The van der Waals surface area contributed by atoms with Gasteiger partial charge in [0.25, 0.3) is 5.91 Å². The molecule has 4 aliphatic rings. The monoisotopic (exact) mass is 954 g/mol. The van der Waals surface area contributed by atoms with Gasteiger partial charge in [-0.1, -0.05) is 6.42 Å². The first kappa shape index (κ1) is 47.2. The van der Waals surface area contributed by atoms with E-state index in [9.17, 15) is 26.4 Å². The van der Waals surface area contributed by atoms with Crippen molar-refractivity contribution in [3.8, 4) is 0 Å². The van der Waals surface area contributed by atoms with Gasteiger partial charge in [-0.3, -0.25) is 14.2 Å². The number of carbonyl (C=O) groups excluding carboxylic acids is 1. The maximum Gasteiger partial charge on any atom is 0.337 e. The molecule has 6 aromatic rings. The lowest BCUT2D eigenvalue weighted by atomic mass is 9.97. The number of piperidine rings is 2. The average molecular weight is 955 g/mol. The van der Waals surface area contributed by atoms with Crippen LogP contribution in [-0.2, 0) is 20.0 Å². The molecule has 2 atom stereocenters. The fourth-order valence-electron chi connectivity index (χ4n) is 8.64. The van der Waals surface area contributed by atoms with Gasteiger partial charge in [-0.25, -0.2) is 40.6 Å². The van der Waals surface area contributed by atoms with E-state index in [0.29, 0.717) is 30.1 Å². The lowest BCUT2D eigenvalue weighted by molar-refractivity contribution is 0.0606. The van der Waals surface area contributed by atoms with E-state index in [-0.39, 0.29) is 40.1 Å². The number of aryl methyl sites for hydroxylation is 2. The molecule has 6 heterocycles. The molecule has 0 radical (unpaired) electrons. The average Bonchev–Trinajstić information content (AvgIpc) is 4.22.